The number of fused-ring (bicyclic) bond motifs is 7. The second-order valence-electron chi connectivity index (χ2n) is 10.4. The third-order valence-corrected chi connectivity index (χ3v) is 7.90. The summed E-state index contributed by atoms with van der Waals surface area (Å²) in [7, 11) is 0. The van der Waals surface area contributed by atoms with Crippen LogP contribution in [0.1, 0.15) is 58.5 Å². The third kappa shape index (κ3) is 4.48. The van der Waals surface area contributed by atoms with Crippen LogP contribution in [-0.4, -0.2) is 46.2 Å². The lowest BCUT2D eigenvalue weighted by molar-refractivity contribution is -0.132. The van der Waals surface area contributed by atoms with Gasteiger partial charge in [0.15, 0.2) is 0 Å². The summed E-state index contributed by atoms with van der Waals surface area (Å²) in [6.45, 7) is 2.62. The Kier molecular flexibility index (Phi) is 6.65. The number of nitrogens with one attached hydrogen (secondary N) is 3. The first kappa shape index (κ1) is 24.9. The Balaban J connectivity index is 1.35. The first-order valence-electron chi connectivity index (χ1n) is 13.7. The normalized spacial score (nSPS) is 18.3. The molecule has 0 saturated heterocycles. The van der Waals surface area contributed by atoms with Crippen molar-refractivity contribution in [3.63, 3.8) is 0 Å². The van der Waals surface area contributed by atoms with Gasteiger partial charge in [-0.25, -0.2) is 0 Å². The van der Waals surface area contributed by atoms with E-state index < -0.39 is 12.1 Å². The van der Waals surface area contributed by atoms with Crippen molar-refractivity contribution in [3.8, 4) is 0 Å². The molecule has 6 rings (SSSR count). The van der Waals surface area contributed by atoms with Gasteiger partial charge in [0.25, 0.3) is 5.91 Å². The Morgan fingerprint density at radius 1 is 1.00 bits per heavy atom. The van der Waals surface area contributed by atoms with E-state index in [4.69, 9.17) is 0 Å². The van der Waals surface area contributed by atoms with Crippen LogP contribution in [-0.2, 0) is 22.4 Å². The standard InChI is InChI=1S/C32H32N4O3/c1-2-3-17-33-30(37)26(18-20-11-5-4-6-12-20)35-31(38)27-19-24-21-13-9-10-16-25(21)34-28(24)29-22-14-7-8-15-23(22)32(39)36(27)29/h4-16,26-27,29,34H,2-3,17-19H2,1H3,(H,33,37)(H,35,38)/t26-,27-,29-/m0/s1. The lowest BCUT2D eigenvalue weighted by Crippen LogP contribution is -2.57. The average Bonchev–Trinajstić information content (AvgIpc) is 3.48. The molecule has 7 nitrogen and oxygen atoms in total. The van der Waals surface area contributed by atoms with Gasteiger partial charge in [-0.1, -0.05) is 80.1 Å². The molecule has 0 aliphatic carbocycles. The highest BCUT2D eigenvalue weighted by Crippen LogP contribution is 2.46. The highest BCUT2D eigenvalue weighted by Gasteiger charge is 2.49. The van der Waals surface area contributed by atoms with E-state index >= 15 is 0 Å². The molecule has 0 radical (unpaired) electrons. The van der Waals surface area contributed by atoms with Crippen molar-refractivity contribution in [2.24, 2.45) is 0 Å². The van der Waals surface area contributed by atoms with Crippen LogP contribution in [0.15, 0.2) is 78.9 Å². The van der Waals surface area contributed by atoms with Crippen molar-refractivity contribution >= 4 is 28.6 Å². The van der Waals surface area contributed by atoms with Gasteiger partial charge in [-0.3, -0.25) is 14.4 Å². The van der Waals surface area contributed by atoms with E-state index in [-0.39, 0.29) is 23.8 Å². The van der Waals surface area contributed by atoms with Gasteiger partial charge >= 0.3 is 0 Å². The molecule has 7 heteroatoms. The smallest absolute Gasteiger partial charge is 0.255 e. The zero-order chi connectivity index (χ0) is 26.9. The number of carbonyl (C=O) groups excluding carboxylic acids is 3. The molecular weight excluding hydrogens is 488 g/mol. The topological polar surface area (TPSA) is 94.3 Å². The van der Waals surface area contributed by atoms with Crippen LogP contribution in [0.3, 0.4) is 0 Å². The predicted octanol–water partition coefficient (Wildman–Crippen LogP) is 4.28. The highest BCUT2D eigenvalue weighted by atomic mass is 16.2. The van der Waals surface area contributed by atoms with Crippen molar-refractivity contribution in [2.45, 2.75) is 50.7 Å². The summed E-state index contributed by atoms with van der Waals surface area (Å²) >= 11 is 0. The summed E-state index contributed by atoms with van der Waals surface area (Å²) in [4.78, 5) is 46.2. The zero-order valence-electron chi connectivity index (χ0n) is 21.9. The van der Waals surface area contributed by atoms with Crippen LogP contribution >= 0.6 is 0 Å². The third-order valence-electron chi connectivity index (χ3n) is 7.90. The Morgan fingerprint density at radius 3 is 2.56 bits per heavy atom. The highest BCUT2D eigenvalue weighted by molar-refractivity contribution is 6.04. The maximum atomic E-state index is 14.0. The van der Waals surface area contributed by atoms with Gasteiger partial charge in [0.05, 0.1) is 6.04 Å². The molecule has 3 atom stereocenters. The number of carbonyl (C=O) groups is 3. The van der Waals surface area contributed by atoms with Gasteiger partial charge < -0.3 is 20.5 Å². The Morgan fingerprint density at radius 2 is 1.74 bits per heavy atom. The van der Waals surface area contributed by atoms with E-state index in [2.05, 4.69) is 28.6 Å². The molecule has 0 saturated carbocycles. The number of hydrogen-bond donors (Lipinski definition) is 3. The first-order valence-corrected chi connectivity index (χ1v) is 13.7. The molecule has 0 fully saturated rings. The fourth-order valence-corrected chi connectivity index (χ4v) is 5.98. The van der Waals surface area contributed by atoms with Crippen molar-refractivity contribution in [3.05, 3.63) is 107 Å². The number of aromatic amines is 1. The maximum absolute atomic E-state index is 14.0. The average molecular weight is 521 g/mol. The maximum Gasteiger partial charge on any atom is 0.255 e. The number of aromatic nitrogens is 1. The van der Waals surface area contributed by atoms with Gasteiger partial charge in [-0.15, -0.1) is 0 Å². The minimum absolute atomic E-state index is 0.160. The zero-order valence-corrected chi connectivity index (χ0v) is 21.9. The molecule has 1 aromatic heterocycles. The van der Waals surface area contributed by atoms with Crippen LogP contribution in [0.4, 0.5) is 0 Å². The van der Waals surface area contributed by atoms with E-state index in [9.17, 15) is 14.4 Å². The molecular formula is C32H32N4O3. The van der Waals surface area contributed by atoms with Crippen molar-refractivity contribution in [2.75, 3.05) is 6.54 Å². The van der Waals surface area contributed by atoms with Gasteiger partial charge in [0.1, 0.15) is 12.1 Å². The predicted molar refractivity (Wildman–Crippen MR) is 150 cm³/mol. The molecule has 3 N–H and O–H groups in total. The van der Waals surface area contributed by atoms with E-state index in [0.29, 0.717) is 24.9 Å². The Hall–Kier alpha value is -4.39. The van der Waals surface area contributed by atoms with Gasteiger partial charge in [-0.05, 0) is 35.2 Å². The lowest BCUT2D eigenvalue weighted by atomic mass is 9.89. The fourth-order valence-electron chi connectivity index (χ4n) is 5.98. The SMILES string of the molecule is CCCCNC(=O)[C@H](Cc1ccccc1)NC(=O)[C@@H]1Cc2c([nH]c3ccccc23)[C@@H]2c3ccccc3C(=O)N21. The van der Waals surface area contributed by atoms with Gasteiger partial charge in [0.2, 0.25) is 11.8 Å². The summed E-state index contributed by atoms with van der Waals surface area (Å²) < 4.78 is 0. The van der Waals surface area contributed by atoms with Crippen LogP contribution in [0.25, 0.3) is 10.9 Å². The Bertz CT molecular complexity index is 1540. The van der Waals surface area contributed by atoms with Crippen LogP contribution in [0, 0.1) is 0 Å². The molecule has 4 aromatic rings. The molecule has 198 valence electrons. The number of hydrogen-bond acceptors (Lipinski definition) is 3. The number of amides is 3. The van der Waals surface area contributed by atoms with Crippen LogP contribution < -0.4 is 10.6 Å². The summed E-state index contributed by atoms with van der Waals surface area (Å²) in [5.74, 6) is -0.687. The van der Waals surface area contributed by atoms with Crippen molar-refractivity contribution in [1.82, 2.24) is 20.5 Å². The van der Waals surface area contributed by atoms with Gasteiger partial charge in [-0.2, -0.15) is 0 Å². The fraction of sp³-hybridized carbons (Fsp3) is 0.281. The summed E-state index contributed by atoms with van der Waals surface area (Å²) in [5, 5.41) is 7.07. The number of benzene rings is 3. The summed E-state index contributed by atoms with van der Waals surface area (Å²) in [6, 6.07) is 23.4. The molecule has 3 aromatic carbocycles. The van der Waals surface area contributed by atoms with Crippen LogP contribution in [0.5, 0.6) is 0 Å². The minimum Gasteiger partial charge on any atom is -0.356 e. The number of para-hydroxylation sites is 1. The summed E-state index contributed by atoms with van der Waals surface area (Å²) in [5.41, 5.74) is 5.45. The number of nitrogens with zero attached hydrogens (tertiary/aromatic N) is 1. The van der Waals surface area contributed by atoms with Gasteiger partial charge in [0, 0.05) is 41.5 Å². The van der Waals surface area contributed by atoms with E-state index in [0.717, 1.165) is 46.1 Å². The van der Waals surface area contributed by atoms with E-state index in [1.54, 1.807) is 4.90 Å². The quantitative estimate of drug-likeness (QED) is 0.303. The van der Waals surface area contributed by atoms with Crippen LogP contribution in [0.2, 0.25) is 0 Å². The largest absolute Gasteiger partial charge is 0.356 e. The Labute approximate surface area is 227 Å². The number of unbranched alkanes of at least 4 members (excludes halogenated alkanes) is 1. The second-order valence-corrected chi connectivity index (χ2v) is 10.4. The summed E-state index contributed by atoms with van der Waals surface area (Å²) in [6.07, 6.45) is 2.57. The van der Waals surface area contributed by atoms with Crippen molar-refractivity contribution < 1.29 is 14.4 Å². The molecule has 39 heavy (non-hydrogen) atoms. The monoisotopic (exact) mass is 520 g/mol. The second kappa shape index (κ2) is 10.4. The number of rotatable bonds is 8. The van der Waals surface area contributed by atoms with E-state index in [1.165, 1.54) is 0 Å². The van der Waals surface area contributed by atoms with E-state index in [1.807, 2.05) is 72.8 Å². The molecule has 2 aliphatic rings. The number of H-pyrrole nitrogens is 1. The molecule has 0 unspecified atom stereocenters. The minimum atomic E-state index is -0.750. The lowest BCUT2D eigenvalue weighted by Gasteiger charge is -2.37. The molecule has 0 spiro atoms. The molecule has 0 bridgehead atoms. The molecule has 3 heterocycles. The first-order chi connectivity index (χ1) is 19.1. The molecule has 3 amide bonds. The van der Waals surface area contributed by atoms with Crippen molar-refractivity contribution in [1.29, 1.82) is 0 Å². The molecule has 2 aliphatic heterocycles.